The number of rotatable bonds is 9. The summed E-state index contributed by atoms with van der Waals surface area (Å²) in [6, 6.07) is 28.7. The maximum atomic E-state index is 14.6. The van der Waals surface area contributed by atoms with Gasteiger partial charge in [0, 0.05) is 12.2 Å². The molecule has 0 fully saturated rings. The number of hydrogen-bond donors (Lipinski definition) is 1. The van der Waals surface area contributed by atoms with Crippen molar-refractivity contribution in [1.29, 1.82) is 0 Å². The number of nitrogens with zero attached hydrogens (tertiary/aromatic N) is 2. The van der Waals surface area contributed by atoms with Gasteiger partial charge < -0.3 is 10.2 Å². The van der Waals surface area contributed by atoms with Gasteiger partial charge in [0.2, 0.25) is 5.91 Å². The minimum absolute atomic E-state index is 0.0963. The Morgan fingerprint density at radius 2 is 1.26 bits per heavy atom. The van der Waals surface area contributed by atoms with Gasteiger partial charge in [-0.2, -0.15) is 0 Å². The van der Waals surface area contributed by atoms with Gasteiger partial charge in [-0.05, 0) is 54.7 Å². The molecule has 0 aromatic heterocycles. The number of imide groups is 1. The SMILES string of the molecule is CC[C@@H](C(=O)N(Cc1ccccc1)[C@@H](C(=O)Nc1c(C)cccc1C)c1ccccc1)N1C(=O)c2ccccc2C1=O. The molecule has 7 heteroatoms. The molecule has 5 rings (SSSR count). The first kappa shape index (κ1) is 28.5. The highest BCUT2D eigenvalue weighted by molar-refractivity contribution is 6.23. The lowest BCUT2D eigenvalue weighted by Gasteiger charge is -2.36. The third-order valence-electron chi connectivity index (χ3n) is 7.69. The molecule has 0 saturated heterocycles. The van der Waals surface area contributed by atoms with Crippen LogP contribution in [0.25, 0.3) is 0 Å². The quantitative estimate of drug-likeness (QED) is 0.252. The van der Waals surface area contributed by atoms with E-state index in [0.29, 0.717) is 11.3 Å². The Morgan fingerprint density at radius 3 is 1.81 bits per heavy atom. The fraction of sp³-hybridized carbons (Fsp3) is 0.200. The number of hydrogen-bond acceptors (Lipinski definition) is 4. The summed E-state index contributed by atoms with van der Waals surface area (Å²) in [6.45, 7) is 5.70. The summed E-state index contributed by atoms with van der Waals surface area (Å²) in [5.41, 5.74) is 4.45. The maximum Gasteiger partial charge on any atom is 0.262 e. The summed E-state index contributed by atoms with van der Waals surface area (Å²) >= 11 is 0. The normalized spacial score (nSPS) is 13.8. The predicted molar refractivity (Wildman–Crippen MR) is 162 cm³/mol. The van der Waals surface area contributed by atoms with Crippen molar-refractivity contribution in [3.63, 3.8) is 0 Å². The monoisotopic (exact) mass is 559 g/mol. The second-order valence-electron chi connectivity index (χ2n) is 10.5. The topological polar surface area (TPSA) is 86.8 Å². The van der Waals surface area contributed by atoms with Crippen LogP contribution in [0.5, 0.6) is 0 Å². The molecule has 4 aromatic carbocycles. The number of carbonyl (C=O) groups is 4. The van der Waals surface area contributed by atoms with Gasteiger partial charge in [0.15, 0.2) is 0 Å². The maximum absolute atomic E-state index is 14.6. The Morgan fingerprint density at radius 1 is 0.738 bits per heavy atom. The highest BCUT2D eigenvalue weighted by Gasteiger charge is 2.45. The molecule has 2 atom stereocenters. The Balaban J connectivity index is 1.59. The first-order chi connectivity index (χ1) is 20.3. The van der Waals surface area contributed by atoms with Crippen molar-refractivity contribution < 1.29 is 19.2 Å². The molecule has 1 N–H and O–H groups in total. The van der Waals surface area contributed by atoms with Crippen LogP contribution in [0.15, 0.2) is 103 Å². The van der Waals surface area contributed by atoms with E-state index in [1.807, 2.05) is 92.7 Å². The standard InChI is InChI=1S/C35H33N3O4/c1-4-29(38-33(40)27-20-11-12-21-28(27)34(38)41)35(42)37(22-25-16-7-5-8-17-25)31(26-18-9-6-10-19-26)32(39)36-30-23(2)14-13-15-24(30)3/h5-21,29,31H,4,22H2,1-3H3,(H,36,39)/t29-,31+/m0/s1. The zero-order chi connectivity index (χ0) is 29.8. The molecular formula is C35H33N3O4. The summed E-state index contributed by atoms with van der Waals surface area (Å²) in [7, 11) is 0. The number of amides is 4. The smallest absolute Gasteiger partial charge is 0.262 e. The molecule has 1 aliphatic rings. The highest BCUT2D eigenvalue weighted by Crippen LogP contribution is 2.31. The molecule has 42 heavy (non-hydrogen) atoms. The van der Waals surface area contributed by atoms with Crippen LogP contribution in [0.4, 0.5) is 5.69 Å². The van der Waals surface area contributed by atoms with Crippen LogP contribution in [-0.2, 0) is 16.1 Å². The van der Waals surface area contributed by atoms with Gasteiger partial charge in [-0.25, -0.2) is 0 Å². The number of para-hydroxylation sites is 1. The Labute approximate surface area is 245 Å². The first-order valence-electron chi connectivity index (χ1n) is 14.0. The first-order valence-corrected chi connectivity index (χ1v) is 14.0. The van der Waals surface area contributed by atoms with E-state index >= 15 is 0 Å². The molecule has 4 amide bonds. The van der Waals surface area contributed by atoms with Gasteiger partial charge in [0.05, 0.1) is 11.1 Å². The Bertz CT molecular complexity index is 1580. The van der Waals surface area contributed by atoms with Crippen molar-refractivity contribution in [2.45, 2.75) is 45.8 Å². The van der Waals surface area contributed by atoms with E-state index < -0.39 is 29.8 Å². The van der Waals surface area contributed by atoms with E-state index in [2.05, 4.69) is 5.32 Å². The molecule has 0 radical (unpaired) electrons. The fourth-order valence-corrected chi connectivity index (χ4v) is 5.54. The van der Waals surface area contributed by atoms with Gasteiger partial charge in [0.25, 0.3) is 17.7 Å². The summed E-state index contributed by atoms with van der Waals surface area (Å²) in [5.74, 6) is -1.89. The minimum Gasteiger partial charge on any atom is -0.323 e. The van der Waals surface area contributed by atoms with E-state index in [4.69, 9.17) is 0 Å². The van der Waals surface area contributed by atoms with Crippen LogP contribution in [0.3, 0.4) is 0 Å². The van der Waals surface area contributed by atoms with Crippen molar-refractivity contribution >= 4 is 29.3 Å². The van der Waals surface area contributed by atoms with Gasteiger partial charge in [0.1, 0.15) is 12.1 Å². The molecular weight excluding hydrogens is 526 g/mol. The van der Waals surface area contributed by atoms with Crippen LogP contribution in [0, 0.1) is 13.8 Å². The van der Waals surface area contributed by atoms with Gasteiger partial charge in [-0.3, -0.25) is 24.1 Å². The van der Waals surface area contributed by atoms with E-state index in [1.54, 1.807) is 31.2 Å². The third kappa shape index (κ3) is 5.46. The number of nitrogens with one attached hydrogen (secondary N) is 1. The molecule has 212 valence electrons. The van der Waals surface area contributed by atoms with Crippen molar-refractivity contribution in [2.24, 2.45) is 0 Å². The molecule has 1 aliphatic heterocycles. The van der Waals surface area contributed by atoms with E-state index in [1.165, 1.54) is 4.90 Å². The number of aryl methyl sites for hydroxylation is 2. The van der Waals surface area contributed by atoms with Gasteiger partial charge >= 0.3 is 0 Å². The van der Waals surface area contributed by atoms with Crippen LogP contribution >= 0.6 is 0 Å². The minimum atomic E-state index is -1.10. The number of anilines is 1. The second-order valence-corrected chi connectivity index (χ2v) is 10.5. The van der Waals surface area contributed by atoms with Crippen molar-refractivity contribution in [3.8, 4) is 0 Å². The highest BCUT2D eigenvalue weighted by atomic mass is 16.2. The lowest BCUT2D eigenvalue weighted by Crippen LogP contribution is -2.53. The Hall–Kier alpha value is -5.04. The average molecular weight is 560 g/mol. The lowest BCUT2D eigenvalue weighted by molar-refractivity contribution is -0.143. The largest absolute Gasteiger partial charge is 0.323 e. The molecule has 0 aliphatic carbocycles. The van der Waals surface area contributed by atoms with Crippen molar-refractivity contribution in [2.75, 3.05) is 5.32 Å². The second kappa shape index (κ2) is 12.2. The van der Waals surface area contributed by atoms with Crippen molar-refractivity contribution in [1.82, 2.24) is 9.80 Å². The molecule has 4 aromatic rings. The van der Waals surface area contributed by atoms with Crippen LogP contribution < -0.4 is 5.32 Å². The van der Waals surface area contributed by atoms with E-state index in [-0.39, 0.29) is 30.0 Å². The van der Waals surface area contributed by atoms with E-state index in [9.17, 15) is 19.2 Å². The van der Waals surface area contributed by atoms with Crippen LogP contribution in [0.1, 0.15) is 62.4 Å². The number of carbonyl (C=O) groups excluding carboxylic acids is 4. The van der Waals surface area contributed by atoms with Crippen LogP contribution in [-0.4, -0.2) is 39.5 Å². The molecule has 0 saturated carbocycles. The van der Waals surface area contributed by atoms with Crippen molar-refractivity contribution in [3.05, 3.63) is 137 Å². The molecule has 0 unspecified atom stereocenters. The number of fused-ring (bicyclic) bond motifs is 1. The molecule has 0 bridgehead atoms. The van der Waals surface area contributed by atoms with Gasteiger partial charge in [-0.1, -0.05) is 97.9 Å². The zero-order valence-electron chi connectivity index (χ0n) is 23.9. The summed E-state index contributed by atoms with van der Waals surface area (Å²) < 4.78 is 0. The van der Waals surface area contributed by atoms with Crippen LogP contribution in [0.2, 0.25) is 0 Å². The summed E-state index contributed by atoms with van der Waals surface area (Å²) in [4.78, 5) is 58.3. The van der Waals surface area contributed by atoms with Gasteiger partial charge in [-0.15, -0.1) is 0 Å². The zero-order valence-corrected chi connectivity index (χ0v) is 23.9. The third-order valence-corrected chi connectivity index (χ3v) is 7.69. The number of benzene rings is 4. The lowest BCUT2D eigenvalue weighted by atomic mass is 10.00. The molecule has 0 spiro atoms. The fourth-order valence-electron chi connectivity index (χ4n) is 5.54. The Kier molecular flexibility index (Phi) is 8.29. The van der Waals surface area contributed by atoms with E-state index in [0.717, 1.165) is 21.6 Å². The predicted octanol–water partition coefficient (Wildman–Crippen LogP) is 6.09. The summed E-state index contributed by atoms with van der Waals surface area (Å²) in [5, 5.41) is 3.08. The average Bonchev–Trinajstić information content (AvgIpc) is 3.25. The molecule has 1 heterocycles. The molecule has 7 nitrogen and oxygen atoms in total. The summed E-state index contributed by atoms with van der Waals surface area (Å²) in [6.07, 6.45) is 0.190.